The van der Waals surface area contributed by atoms with Crippen LogP contribution < -0.4 is 9.30 Å². The van der Waals surface area contributed by atoms with Gasteiger partial charge in [-0.1, -0.05) is 159 Å². The average molecular weight is 1040 g/mol. The van der Waals surface area contributed by atoms with Gasteiger partial charge in [-0.15, -0.1) is 29.7 Å². The Morgan fingerprint density at radius 1 is 0.500 bits per heavy atom. The second kappa shape index (κ2) is 17.0. The van der Waals surface area contributed by atoms with E-state index in [2.05, 4.69) is 234 Å². The van der Waals surface area contributed by atoms with Crippen LogP contribution in [0.5, 0.6) is 11.5 Å². The van der Waals surface area contributed by atoms with E-state index in [1.807, 2.05) is 24.4 Å². The first-order valence-corrected chi connectivity index (χ1v) is 22.5. The summed E-state index contributed by atoms with van der Waals surface area (Å²) in [4.78, 5) is 4.95. The van der Waals surface area contributed by atoms with Gasteiger partial charge in [0.1, 0.15) is 5.82 Å². The van der Waals surface area contributed by atoms with E-state index in [1.54, 1.807) is 0 Å². The molecular weight excluding hydrogens is 988 g/mol. The second-order valence-electron chi connectivity index (χ2n) is 20.3. The van der Waals surface area contributed by atoms with Crippen molar-refractivity contribution in [3.8, 4) is 50.9 Å². The Morgan fingerprint density at radius 2 is 1.14 bits per heavy atom. The third-order valence-corrected chi connectivity index (χ3v) is 12.5. The standard InChI is InChI=1S/C60H54N4O.Pt/c1-58(2,3)44-29-30-61-57(36-44)64-53-28-25-43(42-20-15-19-41(31-42)40-17-11-10-12-18-40)32-52(53)51-27-26-50(38-56(51)64)65-49-22-16-21-47(37-49)62-39-63(55-24-14-13-23-54(55)62)48-34-45(59(4,5)6)33-46(35-48)60(7,8)9;/h10-36H,1-9H3;/q-2;. The van der Waals surface area contributed by atoms with Crippen molar-refractivity contribution in [3.63, 3.8) is 0 Å². The molecule has 10 aromatic rings. The van der Waals surface area contributed by atoms with Crippen molar-refractivity contribution in [2.45, 2.75) is 78.6 Å². The molecule has 0 unspecified atom stereocenters. The summed E-state index contributed by atoms with van der Waals surface area (Å²) >= 11 is 0. The molecule has 0 bridgehead atoms. The van der Waals surface area contributed by atoms with Crippen LogP contribution in [0.25, 0.3) is 72.3 Å². The number of aromatic nitrogens is 4. The molecule has 0 fully saturated rings. The fourth-order valence-corrected chi connectivity index (χ4v) is 8.70. The molecule has 3 aromatic heterocycles. The molecule has 5 nitrogen and oxygen atoms in total. The molecule has 3 heterocycles. The summed E-state index contributed by atoms with van der Waals surface area (Å²) in [7, 11) is 0. The molecule has 0 aliphatic heterocycles. The van der Waals surface area contributed by atoms with Crippen molar-refractivity contribution in [3.05, 3.63) is 199 Å². The van der Waals surface area contributed by atoms with Crippen LogP contribution in [0.4, 0.5) is 0 Å². The van der Waals surface area contributed by atoms with Gasteiger partial charge in [0.25, 0.3) is 6.33 Å². The van der Waals surface area contributed by atoms with Crippen molar-refractivity contribution in [1.82, 2.24) is 14.1 Å². The van der Waals surface area contributed by atoms with Crippen LogP contribution in [0.15, 0.2) is 164 Å². The normalized spacial score (nSPS) is 12.2. The van der Waals surface area contributed by atoms with Gasteiger partial charge in [0, 0.05) is 44.3 Å². The average Bonchev–Trinajstić information content (AvgIpc) is 3.84. The van der Waals surface area contributed by atoms with E-state index in [4.69, 9.17) is 9.72 Å². The maximum Gasteiger partial charge on any atom is 0.268 e. The van der Waals surface area contributed by atoms with Gasteiger partial charge in [-0.3, -0.25) is 4.57 Å². The van der Waals surface area contributed by atoms with Crippen LogP contribution in [0.3, 0.4) is 0 Å². The molecule has 332 valence electrons. The minimum absolute atomic E-state index is 0. The zero-order valence-corrected chi connectivity index (χ0v) is 41.4. The Morgan fingerprint density at radius 3 is 1.86 bits per heavy atom. The molecule has 0 saturated heterocycles. The topological polar surface area (TPSA) is 35.9 Å². The van der Waals surface area contributed by atoms with Crippen molar-refractivity contribution in [2.24, 2.45) is 0 Å². The van der Waals surface area contributed by atoms with Crippen LogP contribution in [-0.2, 0) is 37.3 Å². The number of hydrogen-bond acceptors (Lipinski definition) is 2. The summed E-state index contributed by atoms with van der Waals surface area (Å²) < 4.78 is 13.2. The number of pyridine rings is 1. The molecule has 0 radical (unpaired) electrons. The van der Waals surface area contributed by atoms with Gasteiger partial charge in [-0.2, -0.15) is 18.2 Å². The molecule has 0 amide bonds. The largest absolute Gasteiger partial charge is 0.510 e. The van der Waals surface area contributed by atoms with Crippen molar-refractivity contribution in [1.29, 1.82) is 0 Å². The van der Waals surface area contributed by atoms with Crippen molar-refractivity contribution < 1.29 is 30.4 Å². The molecule has 0 aliphatic carbocycles. The number of rotatable bonds is 7. The molecule has 0 N–H and O–H groups in total. The monoisotopic (exact) mass is 1040 g/mol. The second-order valence-corrected chi connectivity index (χ2v) is 20.3. The number of para-hydroxylation sites is 2. The summed E-state index contributed by atoms with van der Waals surface area (Å²) in [6.45, 7) is 20.3. The van der Waals surface area contributed by atoms with Gasteiger partial charge in [-0.25, -0.2) is 4.98 Å². The minimum Gasteiger partial charge on any atom is -0.510 e. The number of nitrogens with zero attached hydrogens (tertiary/aromatic N) is 4. The van der Waals surface area contributed by atoms with Crippen molar-refractivity contribution in [2.75, 3.05) is 0 Å². The van der Waals surface area contributed by atoms with Crippen LogP contribution in [-0.4, -0.2) is 14.1 Å². The molecule has 0 saturated carbocycles. The molecule has 10 rings (SSSR count). The van der Waals surface area contributed by atoms with Gasteiger partial charge in [0.05, 0.1) is 16.7 Å². The molecule has 0 atom stereocenters. The Hall–Kier alpha value is -6.55. The van der Waals surface area contributed by atoms with Gasteiger partial charge >= 0.3 is 0 Å². The first-order chi connectivity index (χ1) is 31.1. The first-order valence-electron chi connectivity index (χ1n) is 22.5. The van der Waals surface area contributed by atoms with E-state index in [0.717, 1.165) is 61.2 Å². The quantitative estimate of drug-likeness (QED) is 0.118. The number of fused-ring (bicyclic) bond motifs is 4. The van der Waals surface area contributed by atoms with E-state index in [1.165, 1.54) is 27.8 Å². The first kappa shape index (κ1) is 44.6. The van der Waals surface area contributed by atoms with E-state index in [0.29, 0.717) is 11.5 Å². The number of benzene rings is 7. The van der Waals surface area contributed by atoms with Gasteiger partial charge in [0.2, 0.25) is 0 Å². The van der Waals surface area contributed by atoms with E-state index in [9.17, 15) is 0 Å². The number of imidazole rings is 1. The summed E-state index contributed by atoms with van der Waals surface area (Å²) in [6, 6.07) is 63.2. The Bertz CT molecular complexity index is 3380. The molecule has 6 heteroatoms. The van der Waals surface area contributed by atoms with E-state index >= 15 is 0 Å². The smallest absolute Gasteiger partial charge is 0.268 e. The SMILES string of the molecule is CC(C)(C)c1cc(-[n+]2[c-]n(-c3[c-]c(Oc4[c-]c5c(cc4)c4cc(-c6cccc(-c7ccccc7)c6)ccc4n5-c4cc(C(C)(C)C)ccn4)ccc3)c3ccccc32)cc(C(C)(C)C)c1.[Pt]. The maximum atomic E-state index is 6.69. The third-order valence-electron chi connectivity index (χ3n) is 12.5. The van der Waals surface area contributed by atoms with Crippen LogP contribution in [0, 0.1) is 18.5 Å². The Labute approximate surface area is 403 Å². The Kier molecular flexibility index (Phi) is 11.5. The van der Waals surface area contributed by atoms with Gasteiger partial charge < -0.3 is 13.9 Å². The van der Waals surface area contributed by atoms with E-state index < -0.39 is 0 Å². The van der Waals surface area contributed by atoms with Crippen LogP contribution in [0.2, 0.25) is 0 Å². The minimum atomic E-state index is -0.0558. The van der Waals surface area contributed by atoms with E-state index in [-0.39, 0.29) is 37.3 Å². The maximum absolute atomic E-state index is 6.69. The zero-order valence-electron chi connectivity index (χ0n) is 39.1. The number of hydrogen-bond donors (Lipinski definition) is 0. The van der Waals surface area contributed by atoms with Crippen LogP contribution in [0.1, 0.15) is 79.0 Å². The third kappa shape index (κ3) is 8.54. The fourth-order valence-electron chi connectivity index (χ4n) is 8.70. The van der Waals surface area contributed by atoms with Crippen LogP contribution >= 0.6 is 0 Å². The zero-order chi connectivity index (χ0) is 45.3. The number of ether oxygens (including phenoxy) is 1. The van der Waals surface area contributed by atoms with Gasteiger partial charge in [0.15, 0.2) is 0 Å². The fraction of sp³-hybridized carbons (Fsp3) is 0.200. The molecule has 66 heavy (non-hydrogen) atoms. The molecule has 0 aliphatic rings. The Balaban J connectivity index is 0.00000548. The van der Waals surface area contributed by atoms with Gasteiger partial charge in [-0.05, 0) is 103 Å². The summed E-state index contributed by atoms with van der Waals surface area (Å²) in [6.07, 6.45) is 5.62. The van der Waals surface area contributed by atoms with Crippen molar-refractivity contribution >= 4 is 32.8 Å². The molecular formula is C60H54N4OPt-2. The molecule has 0 spiro atoms. The predicted octanol–water partition coefficient (Wildman–Crippen LogP) is 14.8. The molecule has 7 aromatic carbocycles. The summed E-state index contributed by atoms with van der Waals surface area (Å²) in [5.74, 6) is 2.00. The summed E-state index contributed by atoms with van der Waals surface area (Å²) in [5.41, 5.74) is 14.3. The predicted molar refractivity (Wildman–Crippen MR) is 267 cm³/mol. The summed E-state index contributed by atoms with van der Waals surface area (Å²) in [5, 5.41) is 2.19.